The molecule has 0 N–H and O–H groups in total. The van der Waals surface area contributed by atoms with Crippen LogP contribution in [0.2, 0.25) is 0 Å². The Kier molecular flexibility index (Phi) is 3.71. The van der Waals surface area contributed by atoms with Crippen LogP contribution in [0.1, 0.15) is 45.2 Å². The van der Waals surface area contributed by atoms with E-state index in [1.54, 1.807) is 0 Å². The Bertz CT molecular complexity index is 1310. The maximum atomic E-state index is 4.25. The molecule has 0 amide bonds. The maximum Gasteiger partial charge on any atom is 0.0349 e. The molecule has 0 saturated carbocycles. The molecule has 2 bridgehead atoms. The molecule has 3 aliphatic rings. The lowest BCUT2D eigenvalue weighted by Gasteiger charge is -2.42. The minimum absolute atomic E-state index is 0.273. The number of nitrogens with zero attached hydrogens (tertiary/aromatic N) is 2. The molecule has 2 heteroatoms. The van der Waals surface area contributed by atoms with Gasteiger partial charge in [-0.25, -0.2) is 0 Å². The topological polar surface area (TPSA) is 25.8 Å². The van der Waals surface area contributed by atoms with E-state index in [-0.39, 0.29) is 11.8 Å². The third kappa shape index (κ3) is 2.41. The van der Waals surface area contributed by atoms with E-state index >= 15 is 0 Å². The van der Waals surface area contributed by atoms with E-state index in [1.807, 2.05) is 24.8 Å². The first-order chi connectivity index (χ1) is 15.9. The molecule has 3 aromatic carbocycles. The number of aromatic nitrogens is 2. The van der Waals surface area contributed by atoms with Crippen molar-refractivity contribution in [3.63, 3.8) is 0 Å². The molecule has 32 heavy (non-hydrogen) atoms. The van der Waals surface area contributed by atoms with E-state index in [0.717, 1.165) is 0 Å². The molecule has 0 unspecified atom stereocenters. The summed E-state index contributed by atoms with van der Waals surface area (Å²) < 4.78 is 0. The van der Waals surface area contributed by atoms with Crippen molar-refractivity contribution in [1.82, 2.24) is 9.97 Å². The third-order valence-electron chi connectivity index (χ3n) is 7.06. The second-order valence-electron chi connectivity index (χ2n) is 8.62. The highest BCUT2D eigenvalue weighted by molar-refractivity contribution is 5.86. The summed E-state index contributed by atoms with van der Waals surface area (Å²) in [6, 6.07) is 31.3. The molecule has 0 atom stereocenters. The van der Waals surface area contributed by atoms with Crippen LogP contribution < -0.4 is 0 Å². The molecular formula is C30H20N2. The predicted octanol–water partition coefficient (Wildman–Crippen LogP) is 6.80. The van der Waals surface area contributed by atoms with Gasteiger partial charge in [-0.2, -0.15) is 0 Å². The van der Waals surface area contributed by atoms with E-state index < -0.39 is 0 Å². The number of hydrogen-bond donors (Lipinski definition) is 0. The molecule has 2 nitrogen and oxygen atoms in total. The van der Waals surface area contributed by atoms with Crippen molar-refractivity contribution in [2.24, 2.45) is 0 Å². The van der Waals surface area contributed by atoms with E-state index in [1.165, 1.54) is 55.6 Å². The van der Waals surface area contributed by atoms with Crippen LogP contribution in [-0.2, 0) is 0 Å². The van der Waals surface area contributed by atoms with Crippen molar-refractivity contribution in [1.29, 1.82) is 0 Å². The van der Waals surface area contributed by atoms with Gasteiger partial charge in [-0.3, -0.25) is 9.97 Å². The number of hydrogen-bond acceptors (Lipinski definition) is 2. The summed E-state index contributed by atoms with van der Waals surface area (Å²) >= 11 is 0. The monoisotopic (exact) mass is 408 g/mol. The Morgan fingerprint density at radius 2 is 0.750 bits per heavy atom. The average Bonchev–Trinajstić information content (AvgIpc) is 2.88. The number of benzene rings is 3. The normalized spacial score (nSPS) is 17.4. The fourth-order valence-corrected chi connectivity index (χ4v) is 5.75. The van der Waals surface area contributed by atoms with Crippen LogP contribution in [0.15, 0.2) is 110 Å². The summed E-state index contributed by atoms with van der Waals surface area (Å²) in [5, 5.41) is 0. The van der Waals surface area contributed by atoms with Gasteiger partial charge in [0.15, 0.2) is 0 Å². The molecule has 0 spiro atoms. The van der Waals surface area contributed by atoms with Gasteiger partial charge in [-0.05, 0) is 92.0 Å². The molecule has 2 heterocycles. The lowest BCUT2D eigenvalue weighted by molar-refractivity contribution is 0.755. The maximum absolute atomic E-state index is 4.25. The molecule has 8 rings (SSSR count). The minimum Gasteiger partial charge on any atom is -0.265 e. The summed E-state index contributed by atoms with van der Waals surface area (Å²) in [5.41, 5.74) is 13.5. The zero-order chi connectivity index (χ0) is 21.1. The number of pyridine rings is 2. The molecule has 150 valence electrons. The lowest BCUT2D eigenvalue weighted by Crippen LogP contribution is -2.27. The Morgan fingerprint density at radius 3 is 1.09 bits per heavy atom. The van der Waals surface area contributed by atoms with Gasteiger partial charge in [0.2, 0.25) is 0 Å². The summed E-state index contributed by atoms with van der Waals surface area (Å²) in [4.78, 5) is 8.50. The Morgan fingerprint density at radius 1 is 0.406 bits per heavy atom. The van der Waals surface area contributed by atoms with Gasteiger partial charge in [-0.1, -0.05) is 48.5 Å². The zero-order valence-electron chi connectivity index (χ0n) is 17.4. The van der Waals surface area contributed by atoms with Gasteiger partial charge in [0.25, 0.3) is 0 Å². The van der Waals surface area contributed by atoms with Crippen LogP contribution in [0.4, 0.5) is 0 Å². The Balaban J connectivity index is 1.56. The summed E-state index contributed by atoms with van der Waals surface area (Å²) in [7, 11) is 0. The van der Waals surface area contributed by atoms with Crippen molar-refractivity contribution in [3.05, 3.63) is 143 Å². The van der Waals surface area contributed by atoms with Crippen molar-refractivity contribution < 1.29 is 0 Å². The van der Waals surface area contributed by atoms with Crippen LogP contribution in [-0.4, -0.2) is 9.97 Å². The van der Waals surface area contributed by atoms with Gasteiger partial charge in [-0.15, -0.1) is 0 Å². The Hall–Kier alpha value is -4.04. The van der Waals surface area contributed by atoms with E-state index in [2.05, 4.69) is 94.9 Å². The van der Waals surface area contributed by atoms with Crippen LogP contribution in [0.3, 0.4) is 0 Å². The highest BCUT2D eigenvalue weighted by atomic mass is 14.6. The largest absolute Gasteiger partial charge is 0.265 e. The predicted molar refractivity (Wildman–Crippen MR) is 128 cm³/mol. The first-order valence-corrected chi connectivity index (χ1v) is 11.1. The lowest BCUT2D eigenvalue weighted by atomic mass is 9.60. The summed E-state index contributed by atoms with van der Waals surface area (Å²) in [6.07, 6.45) is 7.51. The van der Waals surface area contributed by atoms with Crippen LogP contribution in [0.25, 0.3) is 22.3 Å². The zero-order valence-corrected chi connectivity index (χ0v) is 17.4. The first kappa shape index (κ1) is 17.6. The van der Waals surface area contributed by atoms with E-state index in [4.69, 9.17) is 0 Å². The average molecular weight is 409 g/mol. The van der Waals surface area contributed by atoms with Gasteiger partial charge < -0.3 is 0 Å². The molecule has 0 saturated heterocycles. The fourth-order valence-electron chi connectivity index (χ4n) is 5.75. The molecule has 3 aliphatic carbocycles. The molecule has 0 aliphatic heterocycles. The Labute approximate surface area is 187 Å². The fraction of sp³-hybridized carbons (Fsp3) is 0.0667. The van der Waals surface area contributed by atoms with Crippen molar-refractivity contribution in [2.45, 2.75) is 11.8 Å². The SMILES string of the molecule is c1ccc2c(c1)C1c3ccccc3C2c2cc(-c3ccncc3)c(-c3ccncc3)cc21. The third-order valence-corrected chi connectivity index (χ3v) is 7.06. The van der Waals surface area contributed by atoms with Crippen molar-refractivity contribution in [3.8, 4) is 22.3 Å². The van der Waals surface area contributed by atoms with Gasteiger partial charge >= 0.3 is 0 Å². The second-order valence-corrected chi connectivity index (χ2v) is 8.62. The molecular weight excluding hydrogens is 388 g/mol. The molecule has 2 aromatic heterocycles. The van der Waals surface area contributed by atoms with Crippen molar-refractivity contribution >= 4 is 0 Å². The van der Waals surface area contributed by atoms with Gasteiger partial charge in [0.05, 0.1) is 0 Å². The molecule has 0 fully saturated rings. The number of rotatable bonds is 2. The highest BCUT2D eigenvalue weighted by Crippen LogP contribution is 2.57. The second kappa shape index (κ2) is 6.73. The van der Waals surface area contributed by atoms with Crippen molar-refractivity contribution in [2.75, 3.05) is 0 Å². The molecule has 5 aromatic rings. The quantitative estimate of drug-likeness (QED) is 0.314. The summed E-state index contributed by atoms with van der Waals surface area (Å²) in [6.45, 7) is 0. The van der Waals surface area contributed by atoms with Gasteiger partial charge in [0.1, 0.15) is 0 Å². The standard InChI is InChI=1S/C30H20N2/c1-2-6-22-21(5-1)29-23-7-3-4-8-24(23)30(22)28-18-26(20-11-15-32-16-12-20)25(17-27(28)29)19-9-13-31-14-10-19/h1-18,29-30H. The minimum atomic E-state index is 0.273. The van der Waals surface area contributed by atoms with E-state index in [0.29, 0.717) is 0 Å². The highest BCUT2D eigenvalue weighted by Gasteiger charge is 2.41. The molecule has 0 radical (unpaired) electrons. The van der Waals surface area contributed by atoms with Crippen LogP contribution >= 0.6 is 0 Å². The smallest absolute Gasteiger partial charge is 0.0349 e. The van der Waals surface area contributed by atoms with Crippen LogP contribution in [0.5, 0.6) is 0 Å². The van der Waals surface area contributed by atoms with Gasteiger partial charge in [0, 0.05) is 36.6 Å². The first-order valence-electron chi connectivity index (χ1n) is 11.1. The summed E-state index contributed by atoms with van der Waals surface area (Å²) in [5.74, 6) is 0.545. The van der Waals surface area contributed by atoms with E-state index in [9.17, 15) is 0 Å². The van der Waals surface area contributed by atoms with Crippen LogP contribution in [0, 0.1) is 0 Å².